The molecule has 2 aromatic heterocycles. The van der Waals surface area contributed by atoms with Crippen molar-refractivity contribution in [2.24, 2.45) is 0 Å². The van der Waals surface area contributed by atoms with Crippen LogP contribution in [-0.4, -0.2) is 9.97 Å². The van der Waals surface area contributed by atoms with Crippen LogP contribution in [0.25, 0.3) is 10.2 Å². The van der Waals surface area contributed by atoms with Gasteiger partial charge in [-0.1, -0.05) is 13.8 Å². The monoisotopic (exact) mass is 248 g/mol. The van der Waals surface area contributed by atoms with Crippen LogP contribution in [0.15, 0.2) is 0 Å². The molecule has 0 bridgehead atoms. The summed E-state index contributed by atoms with van der Waals surface area (Å²) in [4.78, 5) is 11.8. The zero-order valence-electron chi connectivity index (χ0n) is 11.1. The Hall–Kier alpha value is -0.960. The summed E-state index contributed by atoms with van der Waals surface area (Å²) < 4.78 is 0. The van der Waals surface area contributed by atoms with Gasteiger partial charge in [0.05, 0.1) is 0 Å². The topological polar surface area (TPSA) is 25.8 Å². The Balaban J connectivity index is 0.000000514. The highest BCUT2D eigenvalue weighted by Crippen LogP contribution is 2.36. The molecule has 0 aromatic carbocycles. The molecule has 0 radical (unpaired) electrons. The first-order valence-corrected chi connectivity index (χ1v) is 7.33. The Bertz CT molecular complexity index is 528. The van der Waals surface area contributed by atoms with E-state index in [1.165, 1.54) is 35.9 Å². The summed E-state index contributed by atoms with van der Waals surface area (Å²) in [5.74, 6) is 0.901. The number of nitrogens with zero attached hydrogens (tertiary/aromatic N) is 2. The van der Waals surface area contributed by atoms with Crippen LogP contribution in [0.3, 0.4) is 0 Å². The number of aryl methyl sites for hydroxylation is 4. The van der Waals surface area contributed by atoms with Crippen LogP contribution >= 0.6 is 11.3 Å². The second-order valence-electron chi connectivity index (χ2n) is 4.25. The minimum absolute atomic E-state index is 0.901. The van der Waals surface area contributed by atoms with Crippen molar-refractivity contribution < 1.29 is 0 Å². The molecule has 17 heavy (non-hydrogen) atoms. The van der Waals surface area contributed by atoms with Gasteiger partial charge in [-0.3, -0.25) is 0 Å². The predicted octanol–water partition coefficient (Wildman–Crippen LogP) is 4.21. The van der Waals surface area contributed by atoms with Crippen molar-refractivity contribution in [3.05, 3.63) is 22.0 Å². The van der Waals surface area contributed by atoms with E-state index in [-0.39, 0.29) is 0 Å². The lowest BCUT2D eigenvalue weighted by Gasteiger charge is -2.10. The van der Waals surface area contributed by atoms with Gasteiger partial charge in [0.15, 0.2) is 0 Å². The summed E-state index contributed by atoms with van der Waals surface area (Å²) in [7, 11) is 0. The summed E-state index contributed by atoms with van der Waals surface area (Å²) in [5.41, 5.74) is 2.70. The van der Waals surface area contributed by atoms with E-state index in [0.717, 1.165) is 11.5 Å². The maximum atomic E-state index is 4.55. The molecule has 2 aromatic rings. The molecular formula is C14H20N2S. The molecular weight excluding hydrogens is 228 g/mol. The predicted molar refractivity (Wildman–Crippen MR) is 74.9 cm³/mol. The van der Waals surface area contributed by atoms with Crippen molar-refractivity contribution >= 4 is 21.6 Å². The molecule has 0 saturated carbocycles. The summed E-state index contributed by atoms with van der Waals surface area (Å²) >= 11 is 1.88. The number of hydrogen-bond donors (Lipinski definition) is 0. The fraction of sp³-hybridized carbons (Fsp3) is 0.571. The molecule has 0 amide bonds. The van der Waals surface area contributed by atoms with Crippen molar-refractivity contribution in [2.75, 3.05) is 0 Å². The summed E-state index contributed by atoms with van der Waals surface area (Å²) in [6.45, 7) is 8.09. The van der Waals surface area contributed by atoms with Gasteiger partial charge in [0.25, 0.3) is 0 Å². The Morgan fingerprint density at radius 2 is 1.71 bits per heavy atom. The molecule has 0 N–H and O–H groups in total. The second kappa shape index (κ2) is 5.13. The van der Waals surface area contributed by atoms with E-state index in [2.05, 4.69) is 16.9 Å². The zero-order chi connectivity index (χ0) is 12.4. The van der Waals surface area contributed by atoms with Crippen molar-refractivity contribution in [1.82, 2.24) is 9.97 Å². The smallest absolute Gasteiger partial charge is 0.127 e. The maximum absolute atomic E-state index is 4.55. The van der Waals surface area contributed by atoms with E-state index in [1.807, 2.05) is 32.1 Å². The molecule has 0 saturated heterocycles. The van der Waals surface area contributed by atoms with Gasteiger partial charge in [-0.05, 0) is 45.1 Å². The molecule has 0 aliphatic heterocycles. The molecule has 2 nitrogen and oxygen atoms in total. The summed E-state index contributed by atoms with van der Waals surface area (Å²) in [6, 6.07) is 0. The third-order valence-corrected chi connectivity index (χ3v) is 4.29. The first kappa shape index (κ1) is 12.5. The summed E-state index contributed by atoms with van der Waals surface area (Å²) in [6.07, 6.45) is 5.13. The molecule has 0 atom stereocenters. The van der Waals surface area contributed by atoms with Crippen molar-refractivity contribution in [2.45, 2.75) is 53.4 Å². The third kappa shape index (κ3) is 2.21. The molecule has 0 fully saturated rings. The van der Waals surface area contributed by atoms with Gasteiger partial charge < -0.3 is 0 Å². The fourth-order valence-corrected chi connectivity index (χ4v) is 3.83. The molecule has 3 heteroatoms. The average Bonchev–Trinajstić information content (AvgIpc) is 2.69. The van der Waals surface area contributed by atoms with E-state index in [9.17, 15) is 0 Å². The van der Waals surface area contributed by atoms with Crippen LogP contribution in [0.5, 0.6) is 0 Å². The largest absolute Gasteiger partial charge is 0.238 e. The van der Waals surface area contributed by atoms with Gasteiger partial charge in [-0.15, -0.1) is 11.3 Å². The van der Waals surface area contributed by atoms with E-state index in [4.69, 9.17) is 0 Å². The van der Waals surface area contributed by atoms with Crippen LogP contribution in [0.2, 0.25) is 0 Å². The first-order valence-electron chi connectivity index (χ1n) is 6.51. The first-order chi connectivity index (χ1) is 8.25. The molecule has 0 spiro atoms. The Kier molecular flexibility index (Phi) is 3.77. The molecule has 0 unspecified atom stereocenters. The number of hydrogen-bond acceptors (Lipinski definition) is 3. The standard InChI is InChI=1S/C12H14N2S.C2H6/c1-7-11-9-5-3-4-6-10(9)15-12(11)14-8(2)13-7;1-2/h3-6H2,1-2H3;1-2H3. The highest BCUT2D eigenvalue weighted by atomic mass is 32.1. The maximum Gasteiger partial charge on any atom is 0.127 e. The van der Waals surface area contributed by atoms with Crippen LogP contribution in [0.1, 0.15) is 48.6 Å². The highest BCUT2D eigenvalue weighted by Gasteiger charge is 2.18. The van der Waals surface area contributed by atoms with E-state index in [0.29, 0.717) is 0 Å². The quantitative estimate of drug-likeness (QED) is 0.698. The van der Waals surface area contributed by atoms with Gasteiger partial charge in [-0.2, -0.15) is 0 Å². The number of fused-ring (bicyclic) bond motifs is 3. The van der Waals surface area contributed by atoms with Crippen LogP contribution in [0, 0.1) is 13.8 Å². The molecule has 1 aliphatic rings. The van der Waals surface area contributed by atoms with Gasteiger partial charge in [-0.25, -0.2) is 9.97 Å². The van der Waals surface area contributed by atoms with Crippen molar-refractivity contribution in [3.63, 3.8) is 0 Å². The Labute approximate surface area is 107 Å². The number of rotatable bonds is 0. The highest BCUT2D eigenvalue weighted by molar-refractivity contribution is 7.18. The molecule has 3 rings (SSSR count). The van der Waals surface area contributed by atoms with Crippen LogP contribution in [0.4, 0.5) is 0 Å². The SMILES string of the molecule is CC.Cc1nc(C)c2c3c(sc2n1)CCCC3. The minimum atomic E-state index is 0.901. The van der Waals surface area contributed by atoms with E-state index < -0.39 is 0 Å². The number of aromatic nitrogens is 2. The fourth-order valence-electron chi connectivity index (χ4n) is 2.47. The second-order valence-corrected chi connectivity index (χ2v) is 5.33. The van der Waals surface area contributed by atoms with Gasteiger partial charge in [0, 0.05) is 16.0 Å². The number of thiophene rings is 1. The average molecular weight is 248 g/mol. The Morgan fingerprint density at radius 1 is 1.00 bits per heavy atom. The van der Waals surface area contributed by atoms with Crippen molar-refractivity contribution in [1.29, 1.82) is 0 Å². The normalized spacial score (nSPS) is 14.1. The molecule has 1 aliphatic carbocycles. The minimum Gasteiger partial charge on any atom is -0.238 e. The van der Waals surface area contributed by atoms with Crippen molar-refractivity contribution in [3.8, 4) is 0 Å². The lowest BCUT2D eigenvalue weighted by atomic mass is 9.96. The van der Waals surface area contributed by atoms with E-state index >= 15 is 0 Å². The van der Waals surface area contributed by atoms with Gasteiger partial charge in [0.1, 0.15) is 10.7 Å². The zero-order valence-corrected chi connectivity index (χ0v) is 11.9. The Morgan fingerprint density at radius 3 is 2.47 bits per heavy atom. The molecule has 92 valence electrons. The third-order valence-electron chi connectivity index (χ3n) is 3.11. The van der Waals surface area contributed by atoms with Crippen LogP contribution in [-0.2, 0) is 12.8 Å². The van der Waals surface area contributed by atoms with Crippen LogP contribution < -0.4 is 0 Å². The summed E-state index contributed by atoms with van der Waals surface area (Å²) in [5, 5.41) is 1.35. The van der Waals surface area contributed by atoms with Gasteiger partial charge in [0.2, 0.25) is 0 Å². The van der Waals surface area contributed by atoms with Gasteiger partial charge >= 0.3 is 0 Å². The lowest BCUT2D eigenvalue weighted by molar-refractivity contribution is 0.700. The molecule has 2 heterocycles. The van der Waals surface area contributed by atoms with E-state index in [1.54, 1.807) is 10.4 Å². The lowest BCUT2D eigenvalue weighted by Crippen LogP contribution is -1.99.